The average molecular weight is 345 g/mol. The summed E-state index contributed by atoms with van der Waals surface area (Å²) in [5.74, 6) is 1.42. The molecule has 2 aliphatic rings. The van der Waals surface area contributed by atoms with Crippen LogP contribution in [0.1, 0.15) is 47.0 Å². The molecule has 4 nitrogen and oxygen atoms in total. The molecule has 1 heterocycles. The number of ether oxygens (including phenoxy) is 2. The maximum Gasteiger partial charge on any atom is 0.100 e. The van der Waals surface area contributed by atoms with E-state index in [1.807, 2.05) is 0 Å². The Morgan fingerprint density at radius 2 is 2.13 bits per heavy atom. The molecule has 1 aliphatic heterocycles. The summed E-state index contributed by atoms with van der Waals surface area (Å²) in [4.78, 5) is 0. The van der Waals surface area contributed by atoms with Gasteiger partial charge in [-0.3, -0.25) is 0 Å². The highest BCUT2D eigenvalue weighted by Gasteiger charge is 2.66. The Labute approximate surface area is 144 Å². The number of epoxide rings is 1. The molecule has 0 amide bonds. The summed E-state index contributed by atoms with van der Waals surface area (Å²) in [7, 11) is 1.62. The Kier molecular flexibility index (Phi) is 6.23. The summed E-state index contributed by atoms with van der Waals surface area (Å²) < 4.78 is 11.7. The second-order valence-electron chi connectivity index (χ2n) is 7.33. The third-order valence-corrected chi connectivity index (χ3v) is 6.44. The van der Waals surface area contributed by atoms with Gasteiger partial charge in [-0.2, -0.15) is 11.8 Å². The molecule has 0 bridgehead atoms. The molecule has 6 atom stereocenters. The molecule has 23 heavy (non-hydrogen) atoms. The van der Waals surface area contributed by atoms with Crippen LogP contribution in [0.15, 0.2) is 11.6 Å². The van der Waals surface area contributed by atoms with E-state index in [1.165, 1.54) is 5.57 Å². The first-order valence-electron chi connectivity index (χ1n) is 8.60. The monoisotopic (exact) mass is 344 g/mol. The predicted octanol–water partition coefficient (Wildman–Crippen LogP) is 2.77. The maximum atomic E-state index is 11.3. The first kappa shape index (κ1) is 19.3. The molecule has 2 N–H and O–H groups in total. The van der Waals surface area contributed by atoms with E-state index in [9.17, 15) is 10.2 Å². The normalized spacial score (nSPS) is 43.3. The van der Waals surface area contributed by atoms with Crippen LogP contribution in [0.5, 0.6) is 0 Å². The second kappa shape index (κ2) is 7.44. The van der Waals surface area contributed by atoms with Crippen molar-refractivity contribution in [2.45, 2.75) is 76.5 Å². The Bertz CT molecular complexity index is 433. The van der Waals surface area contributed by atoms with Crippen molar-refractivity contribution in [1.29, 1.82) is 0 Å². The second-order valence-corrected chi connectivity index (χ2v) is 8.61. The summed E-state index contributed by atoms with van der Waals surface area (Å²) in [6.07, 6.45) is 3.36. The van der Waals surface area contributed by atoms with Gasteiger partial charge in [0.05, 0.1) is 23.9 Å². The minimum absolute atomic E-state index is 0.0866. The molecule has 0 aromatic heterocycles. The van der Waals surface area contributed by atoms with Gasteiger partial charge >= 0.3 is 0 Å². The van der Waals surface area contributed by atoms with Crippen LogP contribution in [-0.2, 0) is 9.47 Å². The van der Waals surface area contributed by atoms with Crippen LogP contribution in [0.4, 0.5) is 0 Å². The van der Waals surface area contributed by atoms with E-state index in [2.05, 4.69) is 33.8 Å². The molecule has 6 unspecified atom stereocenters. The molecule has 1 saturated carbocycles. The van der Waals surface area contributed by atoms with E-state index in [1.54, 1.807) is 18.9 Å². The van der Waals surface area contributed by atoms with Gasteiger partial charge in [0.2, 0.25) is 0 Å². The van der Waals surface area contributed by atoms with Gasteiger partial charge in [0.1, 0.15) is 5.60 Å². The molecule has 0 aromatic carbocycles. The lowest BCUT2D eigenvalue weighted by atomic mass is 9.66. The highest BCUT2D eigenvalue weighted by atomic mass is 32.2. The van der Waals surface area contributed by atoms with Crippen molar-refractivity contribution < 1.29 is 19.7 Å². The molecule has 0 radical (unpaired) electrons. The number of allylic oxidation sites excluding steroid dienone is 1. The Morgan fingerprint density at radius 3 is 2.70 bits per heavy atom. The number of thioether (sulfide) groups is 1. The van der Waals surface area contributed by atoms with Crippen molar-refractivity contribution in [3.8, 4) is 0 Å². The number of hydrogen-bond donors (Lipinski definition) is 2. The van der Waals surface area contributed by atoms with E-state index >= 15 is 0 Å². The molecule has 0 aromatic rings. The fraction of sp³-hybridized carbons (Fsp3) is 0.889. The van der Waals surface area contributed by atoms with Crippen molar-refractivity contribution in [1.82, 2.24) is 0 Å². The molecule has 2 fully saturated rings. The Hall–Kier alpha value is -0.0700. The van der Waals surface area contributed by atoms with Gasteiger partial charge in [-0.25, -0.2) is 0 Å². The first-order valence-corrected chi connectivity index (χ1v) is 9.76. The van der Waals surface area contributed by atoms with E-state index in [-0.39, 0.29) is 18.1 Å². The molecule has 0 spiro atoms. The van der Waals surface area contributed by atoms with Crippen LogP contribution in [0.3, 0.4) is 0 Å². The van der Waals surface area contributed by atoms with Gasteiger partial charge in [0, 0.05) is 18.8 Å². The zero-order valence-electron chi connectivity index (χ0n) is 15.0. The van der Waals surface area contributed by atoms with Gasteiger partial charge in [-0.05, 0) is 45.8 Å². The van der Waals surface area contributed by atoms with Gasteiger partial charge in [-0.1, -0.05) is 18.6 Å². The van der Waals surface area contributed by atoms with Crippen molar-refractivity contribution in [2.24, 2.45) is 5.92 Å². The minimum Gasteiger partial charge on any atom is -0.390 e. The largest absolute Gasteiger partial charge is 0.390 e. The number of aliphatic hydroxyl groups is 2. The van der Waals surface area contributed by atoms with Gasteiger partial charge < -0.3 is 19.7 Å². The minimum atomic E-state index is -0.852. The highest BCUT2D eigenvalue weighted by Crippen LogP contribution is 2.54. The molecule has 5 heteroatoms. The lowest BCUT2D eigenvalue weighted by molar-refractivity contribution is -0.169. The Balaban J connectivity index is 2.22. The Morgan fingerprint density at radius 1 is 1.43 bits per heavy atom. The summed E-state index contributed by atoms with van der Waals surface area (Å²) in [6, 6.07) is 0. The van der Waals surface area contributed by atoms with Crippen molar-refractivity contribution in [2.75, 3.05) is 18.6 Å². The standard InChI is InChI=1S/C18H32O4S/c1-6-23-11-18(20)10-9-13(19)15(21-5)16(18)17(4)14(22-17)8-7-12(2)3/h7,13-16,19-20H,6,8-11H2,1-5H3. The zero-order chi connectivity index (χ0) is 17.3. The van der Waals surface area contributed by atoms with Gasteiger partial charge in [0.15, 0.2) is 0 Å². The number of methoxy groups -OCH3 is 1. The lowest BCUT2D eigenvalue weighted by Gasteiger charge is -2.48. The average Bonchev–Trinajstić information content (AvgIpc) is 3.16. The van der Waals surface area contributed by atoms with Crippen molar-refractivity contribution in [3.63, 3.8) is 0 Å². The third kappa shape index (κ3) is 3.96. The summed E-state index contributed by atoms with van der Waals surface area (Å²) >= 11 is 1.74. The van der Waals surface area contributed by atoms with Crippen LogP contribution in [0.2, 0.25) is 0 Å². The molecular weight excluding hydrogens is 312 g/mol. The summed E-state index contributed by atoms with van der Waals surface area (Å²) in [5.41, 5.74) is -0.0156. The molecule has 2 rings (SSSR count). The topological polar surface area (TPSA) is 62.2 Å². The van der Waals surface area contributed by atoms with Gasteiger partial charge in [-0.15, -0.1) is 0 Å². The summed E-state index contributed by atoms with van der Waals surface area (Å²) in [6.45, 7) is 8.32. The smallest absolute Gasteiger partial charge is 0.100 e. The van der Waals surface area contributed by atoms with Crippen LogP contribution in [0.25, 0.3) is 0 Å². The van der Waals surface area contributed by atoms with E-state index in [0.29, 0.717) is 18.6 Å². The van der Waals surface area contributed by atoms with Gasteiger partial charge in [0.25, 0.3) is 0 Å². The van der Waals surface area contributed by atoms with Crippen LogP contribution in [0, 0.1) is 5.92 Å². The van der Waals surface area contributed by atoms with Crippen molar-refractivity contribution >= 4 is 11.8 Å². The van der Waals surface area contributed by atoms with Crippen LogP contribution in [-0.4, -0.2) is 58.3 Å². The number of hydrogen-bond acceptors (Lipinski definition) is 5. The fourth-order valence-corrected chi connectivity index (χ4v) is 4.89. The predicted molar refractivity (Wildman–Crippen MR) is 94.8 cm³/mol. The maximum absolute atomic E-state index is 11.3. The molecule has 1 saturated heterocycles. The SMILES string of the molecule is CCSCC1(O)CCC(O)C(OC)C1C1(C)OC1CC=C(C)C. The quantitative estimate of drug-likeness (QED) is 0.549. The van der Waals surface area contributed by atoms with Crippen molar-refractivity contribution in [3.05, 3.63) is 11.6 Å². The van der Waals surface area contributed by atoms with Crippen LogP contribution < -0.4 is 0 Å². The lowest BCUT2D eigenvalue weighted by Crippen LogP contribution is -2.60. The zero-order valence-corrected chi connectivity index (χ0v) is 15.9. The highest BCUT2D eigenvalue weighted by molar-refractivity contribution is 7.99. The fourth-order valence-electron chi connectivity index (χ4n) is 4.01. The van der Waals surface area contributed by atoms with Crippen LogP contribution >= 0.6 is 11.8 Å². The summed E-state index contributed by atoms with van der Waals surface area (Å²) in [5, 5.41) is 21.7. The molecule has 1 aliphatic carbocycles. The van der Waals surface area contributed by atoms with E-state index in [4.69, 9.17) is 9.47 Å². The molecule has 134 valence electrons. The first-order chi connectivity index (χ1) is 10.8. The number of aliphatic hydroxyl groups excluding tert-OH is 1. The third-order valence-electron chi connectivity index (χ3n) is 5.32. The van der Waals surface area contributed by atoms with E-state index in [0.717, 1.165) is 12.2 Å². The number of rotatable bonds is 7. The molecular formula is C18H32O4S. The van der Waals surface area contributed by atoms with E-state index < -0.39 is 17.3 Å².